The van der Waals surface area contributed by atoms with Gasteiger partial charge in [0.25, 0.3) is 5.91 Å². The minimum atomic E-state index is -0.539. The van der Waals surface area contributed by atoms with Gasteiger partial charge in [0.15, 0.2) is 0 Å². The van der Waals surface area contributed by atoms with Crippen molar-refractivity contribution in [1.29, 1.82) is 0 Å². The van der Waals surface area contributed by atoms with Crippen LogP contribution < -0.4 is 15.0 Å². The van der Waals surface area contributed by atoms with E-state index < -0.39 is 6.09 Å². The topological polar surface area (TPSA) is 58.6 Å². The fourth-order valence-electron chi connectivity index (χ4n) is 3.59. The molecule has 0 fully saturated rings. The Bertz CT molecular complexity index is 1060. The summed E-state index contributed by atoms with van der Waals surface area (Å²) in [6, 6.07) is 22.3. The Morgan fingerprint density at radius 1 is 0.967 bits per heavy atom. The predicted molar refractivity (Wildman–Crippen MR) is 118 cm³/mol. The van der Waals surface area contributed by atoms with Crippen molar-refractivity contribution in [2.75, 3.05) is 16.8 Å². The molecule has 5 heteroatoms. The number of carbonyl (C=O) groups is 2. The van der Waals surface area contributed by atoms with Gasteiger partial charge in [-0.05, 0) is 65.9 Å². The first kappa shape index (κ1) is 19.7. The van der Waals surface area contributed by atoms with Crippen molar-refractivity contribution in [3.8, 4) is 5.75 Å². The number of nitrogens with one attached hydrogen (secondary N) is 1. The SMILES string of the molecule is CC(C)c1ccc(NC(=O)Oc2ccc3c(c2)CCN3C(=O)c2ccccc2)cc1. The third kappa shape index (κ3) is 4.20. The number of fused-ring (bicyclic) bond motifs is 1. The number of rotatable bonds is 4. The predicted octanol–water partition coefficient (Wildman–Crippen LogP) is 5.62. The zero-order chi connectivity index (χ0) is 21.1. The molecular formula is C25H24N2O3. The van der Waals surface area contributed by atoms with Crippen molar-refractivity contribution in [3.63, 3.8) is 0 Å². The van der Waals surface area contributed by atoms with E-state index in [0.717, 1.165) is 17.7 Å². The number of benzene rings is 3. The van der Waals surface area contributed by atoms with Crippen molar-refractivity contribution >= 4 is 23.4 Å². The number of carbonyl (C=O) groups excluding carboxylic acids is 2. The Kier molecular flexibility index (Phi) is 5.53. The molecule has 3 aromatic rings. The highest BCUT2D eigenvalue weighted by molar-refractivity contribution is 6.07. The zero-order valence-corrected chi connectivity index (χ0v) is 17.1. The maximum absolute atomic E-state index is 12.8. The van der Waals surface area contributed by atoms with Gasteiger partial charge < -0.3 is 9.64 Å². The Labute approximate surface area is 176 Å². The summed E-state index contributed by atoms with van der Waals surface area (Å²) in [4.78, 5) is 26.8. The minimum absolute atomic E-state index is 0.0226. The van der Waals surface area contributed by atoms with Gasteiger partial charge in [0.2, 0.25) is 0 Å². The van der Waals surface area contributed by atoms with Crippen molar-refractivity contribution in [3.05, 3.63) is 89.5 Å². The van der Waals surface area contributed by atoms with E-state index in [1.54, 1.807) is 11.0 Å². The van der Waals surface area contributed by atoms with Crippen LogP contribution in [0.2, 0.25) is 0 Å². The molecule has 30 heavy (non-hydrogen) atoms. The molecule has 4 rings (SSSR count). The highest BCUT2D eigenvalue weighted by Crippen LogP contribution is 2.32. The second-order valence-electron chi connectivity index (χ2n) is 7.65. The minimum Gasteiger partial charge on any atom is -0.410 e. The summed E-state index contributed by atoms with van der Waals surface area (Å²) in [6.07, 6.45) is 0.186. The van der Waals surface area contributed by atoms with Crippen LogP contribution in [0.15, 0.2) is 72.8 Å². The Morgan fingerprint density at radius 2 is 1.70 bits per heavy atom. The summed E-state index contributed by atoms with van der Waals surface area (Å²) in [5, 5.41) is 2.75. The number of anilines is 2. The zero-order valence-electron chi connectivity index (χ0n) is 17.1. The molecule has 1 N–H and O–H groups in total. The van der Waals surface area contributed by atoms with Gasteiger partial charge in [0.1, 0.15) is 5.75 Å². The second-order valence-corrected chi connectivity index (χ2v) is 7.65. The first-order valence-electron chi connectivity index (χ1n) is 10.1. The van der Waals surface area contributed by atoms with E-state index in [4.69, 9.17) is 4.74 Å². The van der Waals surface area contributed by atoms with Crippen LogP contribution in [0.3, 0.4) is 0 Å². The van der Waals surface area contributed by atoms with Gasteiger partial charge in [-0.25, -0.2) is 4.79 Å². The van der Waals surface area contributed by atoms with E-state index in [1.807, 2.05) is 66.7 Å². The van der Waals surface area contributed by atoms with Crippen LogP contribution in [0.25, 0.3) is 0 Å². The van der Waals surface area contributed by atoms with Crippen LogP contribution in [0.1, 0.15) is 41.3 Å². The maximum Gasteiger partial charge on any atom is 0.417 e. The molecule has 0 saturated heterocycles. The van der Waals surface area contributed by atoms with Gasteiger partial charge in [-0.1, -0.05) is 44.2 Å². The molecule has 0 bridgehead atoms. The summed E-state index contributed by atoms with van der Waals surface area (Å²) < 4.78 is 5.45. The molecule has 0 saturated carbocycles. The average Bonchev–Trinajstić information content (AvgIpc) is 3.17. The standard InChI is InChI=1S/C25H24N2O3/c1-17(2)18-8-10-21(11-9-18)26-25(29)30-22-12-13-23-20(16-22)14-15-27(23)24(28)19-6-4-3-5-7-19/h3-13,16-17H,14-15H2,1-2H3,(H,26,29). The third-order valence-corrected chi connectivity index (χ3v) is 5.25. The van der Waals surface area contributed by atoms with E-state index in [9.17, 15) is 9.59 Å². The van der Waals surface area contributed by atoms with E-state index in [2.05, 4.69) is 19.2 Å². The van der Waals surface area contributed by atoms with Crippen LogP contribution in [-0.4, -0.2) is 18.5 Å². The van der Waals surface area contributed by atoms with Gasteiger partial charge in [0.05, 0.1) is 0 Å². The van der Waals surface area contributed by atoms with Gasteiger partial charge in [0, 0.05) is 23.5 Å². The lowest BCUT2D eigenvalue weighted by molar-refractivity contribution is 0.0989. The number of ether oxygens (including phenoxy) is 1. The molecule has 0 spiro atoms. The van der Waals surface area contributed by atoms with E-state index in [-0.39, 0.29) is 5.91 Å². The van der Waals surface area contributed by atoms with Crippen molar-refractivity contribution in [2.24, 2.45) is 0 Å². The highest BCUT2D eigenvalue weighted by atomic mass is 16.6. The fourth-order valence-corrected chi connectivity index (χ4v) is 3.59. The molecule has 3 aromatic carbocycles. The van der Waals surface area contributed by atoms with Crippen LogP contribution in [0, 0.1) is 0 Å². The first-order chi connectivity index (χ1) is 14.5. The van der Waals surface area contributed by atoms with E-state index >= 15 is 0 Å². The molecule has 152 valence electrons. The third-order valence-electron chi connectivity index (χ3n) is 5.25. The molecule has 1 aliphatic heterocycles. The van der Waals surface area contributed by atoms with Crippen LogP contribution in [-0.2, 0) is 6.42 Å². The van der Waals surface area contributed by atoms with Gasteiger partial charge in [-0.15, -0.1) is 0 Å². The molecule has 0 atom stereocenters. The molecule has 2 amide bonds. The number of nitrogens with zero attached hydrogens (tertiary/aromatic N) is 1. The molecule has 1 heterocycles. The number of hydrogen-bond acceptors (Lipinski definition) is 3. The quantitative estimate of drug-likeness (QED) is 0.618. The normalized spacial score (nSPS) is 12.6. The summed E-state index contributed by atoms with van der Waals surface area (Å²) in [6.45, 7) is 4.86. The van der Waals surface area contributed by atoms with Crippen LogP contribution in [0.5, 0.6) is 5.75 Å². The molecule has 1 aliphatic rings. The summed E-state index contributed by atoms with van der Waals surface area (Å²) in [5.41, 5.74) is 4.41. The van der Waals surface area contributed by atoms with Crippen molar-refractivity contribution in [1.82, 2.24) is 0 Å². The summed E-state index contributed by atoms with van der Waals surface area (Å²) in [5.74, 6) is 0.871. The van der Waals surface area contributed by atoms with Crippen LogP contribution >= 0.6 is 0 Å². The fraction of sp³-hybridized carbons (Fsp3) is 0.200. The molecule has 0 aromatic heterocycles. The lowest BCUT2D eigenvalue weighted by Crippen LogP contribution is -2.28. The summed E-state index contributed by atoms with van der Waals surface area (Å²) in [7, 11) is 0. The van der Waals surface area contributed by atoms with Crippen LogP contribution in [0.4, 0.5) is 16.2 Å². The lowest BCUT2D eigenvalue weighted by Gasteiger charge is -2.17. The Balaban J connectivity index is 1.42. The molecular weight excluding hydrogens is 376 g/mol. The van der Waals surface area contributed by atoms with E-state index in [0.29, 0.717) is 29.5 Å². The first-order valence-corrected chi connectivity index (χ1v) is 10.1. The van der Waals surface area contributed by atoms with Crippen molar-refractivity contribution < 1.29 is 14.3 Å². The van der Waals surface area contributed by atoms with Gasteiger partial charge in [-0.3, -0.25) is 10.1 Å². The highest BCUT2D eigenvalue weighted by Gasteiger charge is 2.26. The largest absolute Gasteiger partial charge is 0.417 e. The second kappa shape index (κ2) is 8.41. The molecule has 0 aliphatic carbocycles. The van der Waals surface area contributed by atoms with Crippen molar-refractivity contribution in [2.45, 2.75) is 26.2 Å². The smallest absolute Gasteiger partial charge is 0.410 e. The lowest BCUT2D eigenvalue weighted by atomic mass is 10.0. The summed E-state index contributed by atoms with van der Waals surface area (Å²) >= 11 is 0. The number of amides is 2. The average molecular weight is 400 g/mol. The van der Waals surface area contributed by atoms with Gasteiger partial charge >= 0.3 is 6.09 Å². The monoisotopic (exact) mass is 400 g/mol. The Morgan fingerprint density at radius 3 is 2.40 bits per heavy atom. The van der Waals surface area contributed by atoms with E-state index in [1.165, 1.54) is 5.56 Å². The molecule has 0 radical (unpaired) electrons. The van der Waals surface area contributed by atoms with Gasteiger partial charge in [-0.2, -0.15) is 0 Å². The molecule has 5 nitrogen and oxygen atoms in total. The maximum atomic E-state index is 12.8. The molecule has 0 unspecified atom stereocenters. The number of hydrogen-bond donors (Lipinski definition) is 1. The Hall–Kier alpha value is -3.60.